The van der Waals surface area contributed by atoms with Crippen molar-refractivity contribution in [3.8, 4) is 17.3 Å². The van der Waals surface area contributed by atoms with Gasteiger partial charge in [-0.2, -0.15) is 9.97 Å². The molecule has 1 N–H and O–H groups in total. The van der Waals surface area contributed by atoms with Crippen molar-refractivity contribution in [2.24, 2.45) is 0 Å². The molecule has 5 heterocycles. The molecule has 2 unspecified atom stereocenters. The van der Waals surface area contributed by atoms with E-state index < -0.39 is 5.82 Å². The van der Waals surface area contributed by atoms with Crippen LogP contribution < -0.4 is 15.0 Å². The van der Waals surface area contributed by atoms with Gasteiger partial charge in [-0.05, 0) is 30.2 Å². The van der Waals surface area contributed by atoms with Gasteiger partial charge in [0, 0.05) is 54.7 Å². The molecule has 33 heavy (non-hydrogen) atoms. The van der Waals surface area contributed by atoms with E-state index >= 15 is 4.39 Å². The summed E-state index contributed by atoms with van der Waals surface area (Å²) in [7, 11) is 1.51. The fourth-order valence-corrected chi connectivity index (χ4v) is 5.30. The quantitative estimate of drug-likeness (QED) is 0.512. The summed E-state index contributed by atoms with van der Waals surface area (Å²) in [6.45, 7) is 3.73. The number of nitrogens with zero attached hydrogens (tertiary/aromatic N) is 5. The number of piperazine rings is 1. The van der Waals surface area contributed by atoms with Gasteiger partial charge in [-0.1, -0.05) is 25.1 Å². The number of pyridine rings is 2. The second-order valence-corrected chi connectivity index (χ2v) is 8.82. The van der Waals surface area contributed by atoms with Crippen molar-refractivity contribution in [2.75, 3.05) is 25.1 Å². The third-order valence-corrected chi connectivity index (χ3v) is 6.85. The maximum atomic E-state index is 16.1. The Morgan fingerprint density at radius 2 is 1.94 bits per heavy atom. The number of ether oxygens (including phenoxy) is 1. The first kappa shape index (κ1) is 20.2. The maximum Gasteiger partial charge on any atom is 0.318 e. The minimum atomic E-state index is -0.479. The normalized spacial score (nSPS) is 20.0. The van der Waals surface area contributed by atoms with Crippen LogP contribution in [0.25, 0.3) is 32.9 Å². The van der Waals surface area contributed by atoms with Crippen molar-refractivity contribution < 1.29 is 9.13 Å². The third-order valence-electron chi connectivity index (χ3n) is 6.85. The van der Waals surface area contributed by atoms with Crippen LogP contribution in [0.2, 0.25) is 0 Å². The Bertz CT molecular complexity index is 1360. The molecule has 0 saturated carbocycles. The van der Waals surface area contributed by atoms with Gasteiger partial charge in [0.2, 0.25) is 0 Å². The summed E-state index contributed by atoms with van der Waals surface area (Å²) in [5.41, 5.74) is 2.26. The van der Waals surface area contributed by atoms with Crippen molar-refractivity contribution >= 4 is 27.5 Å². The zero-order valence-corrected chi connectivity index (χ0v) is 18.7. The van der Waals surface area contributed by atoms with E-state index in [1.165, 1.54) is 7.11 Å². The van der Waals surface area contributed by atoms with Crippen LogP contribution in [0.1, 0.15) is 25.3 Å². The van der Waals surface area contributed by atoms with Crippen LogP contribution in [0, 0.1) is 5.82 Å². The molecule has 2 fully saturated rings. The zero-order chi connectivity index (χ0) is 22.5. The zero-order valence-electron chi connectivity index (χ0n) is 18.7. The highest BCUT2D eigenvalue weighted by Gasteiger charge is 2.34. The monoisotopic (exact) mass is 444 g/mol. The first-order valence-electron chi connectivity index (χ1n) is 11.4. The van der Waals surface area contributed by atoms with Crippen LogP contribution in [0.15, 0.2) is 36.8 Å². The Kier molecular flexibility index (Phi) is 4.83. The van der Waals surface area contributed by atoms with Crippen LogP contribution in [0.5, 0.6) is 6.01 Å². The number of aryl methyl sites for hydroxylation is 1. The minimum absolute atomic E-state index is 0.157. The van der Waals surface area contributed by atoms with E-state index in [0.29, 0.717) is 28.9 Å². The van der Waals surface area contributed by atoms with Crippen molar-refractivity contribution in [1.29, 1.82) is 0 Å². The van der Waals surface area contributed by atoms with Crippen molar-refractivity contribution in [2.45, 2.75) is 38.3 Å². The van der Waals surface area contributed by atoms with Gasteiger partial charge in [0.25, 0.3) is 0 Å². The van der Waals surface area contributed by atoms with Gasteiger partial charge in [0.1, 0.15) is 17.0 Å². The Labute approximate surface area is 191 Å². The average molecular weight is 445 g/mol. The summed E-state index contributed by atoms with van der Waals surface area (Å²) >= 11 is 0. The summed E-state index contributed by atoms with van der Waals surface area (Å²) in [6.07, 6.45) is 8.30. The predicted octanol–water partition coefficient (Wildman–Crippen LogP) is 3.89. The molecule has 2 saturated heterocycles. The van der Waals surface area contributed by atoms with E-state index in [4.69, 9.17) is 4.74 Å². The van der Waals surface area contributed by atoms with Crippen molar-refractivity contribution in [3.05, 3.63) is 48.2 Å². The van der Waals surface area contributed by atoms with Crippen LogP contribution in [-0.2, 0) is 6.42 Å². The number of methoxy groups -OCH3 is 1. The highest BCUT2D eigenvalue weighted by molar-refractivity contribution is 6.00. The standard InChI is InChI=1S/C25H25FN6O/c1-3-14-5-4-6-15-9-27-10-18(20(14)15)22-21(26)23-19(11-28-22)24(31-25(30-23)33-2)32-12-16-7-8-17(13-32)29-16/h4-6,9-11,16-17,29H,3,7-8,12-13H2,1-2H3. The van der Waals surface area contributed by atoms with E-state index in [0.717, 1.165) is 48.7 Å². The fourth-order valence-electron chi connectivity index (χ4n) is 5.30. The molecule has 0 aliphatic carbocycles. The molecule has 2 atom stereocenters. The van der Waals surface area contributed by atoms with E-state index in [-0.39, 0.29) is 17.2 Å². The van der Waals surface area contributed by atoms with E-state index in [1.807, 2.05) is 12.1 Å². The predicted molar refractivity (Wildman–Crippen MR) is 126 cm³/mol. The van der Waals surface area contributed by atoms with Crippen LogP contribution in [0.4, 0.5) is 10.2 Å². The van der Waals surface area contributed by atoms with Gasteiger partial charge in [-0.15, -0.1) is 0 Å². The van der Waals surface area contributed by atoms with Crippen LogP contribution in [0.3, 0.4) is 0 Å². The SMILES string of the molecule is CCc1cccc2cncc(-c3ncc4c(N5CC6CCC(C5)N6)nc(OC)nc4c3F)c12. The van der Waals surface area contributed by atoms with Gasteiger partial charge in [-0.25, -0.2) is 4.39 Å². The molecule has 1 aromatic carbocycles. The van der Waals surface area contributed by atoms with Gasteiger partial charge < -0.3 is 15.0 Å². The average Bonchev–Trinajstić information content (AvgIpc) is 3.20. The number of benzene rings is 1. The first-order valence-corrected chi connectivity index (χ1v) is 11.4. The number of fused-ring (bicyclic) bond motifs is 4. The van der Waals surface area contributed by atoms with Gasteiger partial charge in [0.15, 0.2) is 5.82 Å². The lowest BCUT2D eigenvalue weighted by Crippen LogP contribution is -2.51. The summed E-state index contributed by atoms with van der Waals surface area (Å²) in [5.74, 6) is 0.200. The second kappa shape index (κ2) is 7.88. The Morgan fingerprint density at radius 3 is 2.70 bits per heavy atom. The number of halogens is 1. The maximum absolute atomic E-state index is 16.1. The summed E-state index contributed by atoms with van der Waals surface area (Å²) in [5, 5.41) is 6.16. The van der Waals surface area contributed by atoms with E-state index in [2.05, 4.69) is 43.1 Å². The largest absolute Gasteiger partial charge is 0.467 e. The number of nitrogens with one attached hydrogen (secondary N) is 1. The van der Waals surface area contributed by atoms with E-state index in [9.17, 15) is 0 Å². The van der Waals surface area contributed by atoms with Gasteiger partial charge >= 0.3 is 6.01 Å². The highest BCUT2D eigenvalue weighted by Crippen LogP contribution is 2.36. The molecule has 3 aromatic heterocycles. The highest BCUT2D eigenvalue weighted by atomic mass is 19.1. The lowest BCUT2D eigenvalue weighted by Gasteiger charge is -2.34. The smallest absolute Gasteiger partial charge is 0.318 e. The third kappa shape index (κ3) is 3.28. The fraction of sp³-hybridized carbons (Fsp3) is 0.360. The number of hydrogen-bond acceptors (Lipinski definition) is 7. The van der Waals surface area contributed by atoms with Crippen LogP contribution >= 0.6 is 0 Å². The van der Waals surface area contributed by atoms with E-state index in [1.54, 1.807) is 18.6 Å². The summed E-state index contributed by atoms with van der Waals surface area (Å²) in [6, 6.07) is 7.06. The number of anilines is 1. The van der Waals surface area contributed by atoms with Crippen molar-refractivity contribution in [3.63, 3.8) is 0 Å². The molecule has 8 heteroatoms. The molecule has 4 aromatic rings. The molecule has 2 bridgehead atoms. The molecule has 0 radical (unpaired) electrons. The molecule has 2 aliphatic rings. The summed E-state index contributed by atoms with van der Waals surface area (Å²) in [4.78, 5) is 20.2. The molecule has 7 nitrogen and oxygen atoms in total. The minimum Gasteiger partial charge on any atom is -0.467 e. The Morgan fingerprint density at radius 1 is 1.12 bits per heavy atom. The second-order valence-electron chi connectivity index (χ2n) is 8.82. The van der Waals surface area contributed by atoms with Gasteiger partial charge in [0.05, 0.1) is 12.5 Å². The molecule has 0 amide bonds. The summed E-state index contributed by atoms with van der Waals surface area (Å²) < 4.78 is 21.4. The van der Waals surface area contributed by atoms with Crippen molar-refractivity contribution in [1.82, 2.24) is 25.3 Å². The Hall–Kier alpha value is -3.39. The number of aromatic nitrogens is 4. The molecular weight excluding hydrogens is 419 g/mol. The number of hydrogen-bond donors (Lipinski definition) is 1. The van der Waals surface area contributed by atoms with Gasteiger partial charge in [-0.3, -0.25) is 9.97 Å². The molecule has 0 spiro atoms. The van der Waals surface area contributed by atoms with Crippen LogP contribution in [-0.4, -0.2) is 52.2 Å². The Balaban J connectivity index is 1.56. The topological polar surface area (TPSA) is 76.1 Å². The number of rotatable bonds is 4. The molecule has 2 aliphatic heterocycles. The molecule has 6 rings (SSSR count). The lowest BCUT2D eigenvalue weighted by atomic mass is 9.97. The lowest BCUT2D eigenvalue weighted by molar-refractivity contribution is 0.380. The molecular formula is C25H25FN6O. The molecule has 168 valence electrons. The first-order chi connectivity index (χ1) is 16.2.